The zero-order valence-corrected chi connectivity index (χ0v) is 16.0. The summed E-state index contributed by atoms with van der Waals surface area (Å²) in [5.74, 6) is -0.695. The van der Waals surface area contributed by atoms with Crippen LogP contribution in [0.4, 0.5) is 0 Å². The van der Waals surface area contributed by atoms with Crippen LogP contribution in [0, 0.1) is 5.92 Å². The Labute approximate surface area is 155 Å². The van der Waals surface area contributed by atoms with Crippen molar-refractivity contribution in [3.8, 4) is 0 Å². The summed E-state index contributed by atoms with van der Waals surface area (Å²) in [5, 5.41) is 0. The molecule has 1 heterocycles. The normalized spacial score (nSPS) is 14.5. The zero-order chi connectivity index (χ0) is 19.1. The van der Waals surface area contributed by atoms with E-state index in [4.69, 9.17) is 4.74 Å². The number of imide groups is 1. The molecule has 0 aliphatic carbocycles. The number of nitrogens with zero attached hydrogens (tertiary/aromatic N) is 1. The van der Waals surface area contributed by atoms with Crippen molar-refractivity contribution in [3.63, 3.8) is 0 Å². The van der Waals surface area contributed by atoms with E-state index < -0.39 is 5.97 Å². The molecule has 5 nitrogen and oxygen atoms in total. The van der Waals surface area contributed by atoms with E-state index in [0.717, 1.165) is 38.5 Å². The Kier molecular flexibility index (Phi) is 7.37. The first-order valence-corrected chi connectivity index (χ1v) is 9.70. The number of fused-ring (bicyclic) bond motifs is 1. The molecular formula is C21H29NO4. The molecule has 0 saturated carbocycles. The molecule has 1 unspecified atom stereocenters. The molecule has 1 aliphatic rings. The van der Waals surface area contributed by atoms with Crippen molar-refractivity contribution >= 4 is 17.8 Å². The van der Waals surface area contributed by atoms with Gasteiger partial charge in [-0.3, -0.25) is 14.5 Å². The number of unbranched alkanes of at least 4 members (excludes halogenated alkanes) is 2. The molecular weight excluding hydrogens is 330 g/mol. The summed E-state index contributed by atoms with van der Waals surface area (Å²) in [4.78, 5) is 38.8. The molecule has 0 bridgehead atoms. The van der Waals surface area contributed by atoms with Gasteiger partial charge in [0, 0.05) is 6.54 Å². The van der Waals surface area contributed by atoms with Gasteiger partial charge >= 0.3 is 5.97 Å². The molecule has 0 radical (unpaired) electrons. The minimum atomic E-state index is -0.450. The number of benzene rings is 1. The largest absolute Gasteiger partial charge is 0.462 e. The van der Waals surface area contributed by atoms with E-state index in [1.807, 2.05) is 6.92 Å². The molecule has 0 N–H and O–H groups in total. The third-order valence-corrected chi connectivity index (χ3v) is 4.92. The second-order valence-corrected chi connectivity index (χ2v) is 6.89. The molecule has 1 aromatic carbocycles. The Morgan fingerprint density at radius 1 is 1.04 bits per heavy atom. The minimum absolute atomic E-state index is 0.258. The van der Waals surface area contributed by atoms with E-state index in [-0.39, 0.29) is 11.8 Å². The molecule has 2 rings (SSSR count). The molecule has 1 atom stereocenters. The monoisotopic (exact) mass is 359 g/mol. The van der Waals surface area contributed by atoms with Gasteiger partial charge in [-0.15, -0.1) is 0 Å². The standard InChI is InChI=1S/C21H29NO4/c1-4-7-9-15(6-3)14-22-19(23)17-11-10-16(13-18(17)20(22)24)21(25)26-12-8-5-2/h10-11,13,15H,4-9,12,14H2,1-3H3. The predicted octanol–water partition coefficient (Wildman–Crippen LogP) is 4.46. The lowest BCUT2D eigenvalue weighted by Crippen LogP contribution is -2.34. The molecule has 26 heavy (non-hydrogen) atoms. The Bertz CT molecular complexity index is 668. The number of ether oxygens (including phenoxy) is 1. The second kappa shape index (κ2) is 9.51. The van der Waals surface area contributed by atoms with E-state index in [1.54, 1.807) is 12.1 Å². The zero-order valence-electron chi connectivity index (χ0n) is 16.0. The van der Waals surface area contributed by atoms with Crippen LogP contribution in [0.2, 0.25) is 0 Å². The molecule has 5 heteroatoms. The average Bonchev–Trinajstić information content (AvgIpc) is 2.89. The first-order chi connectivity index (χ1) is 12.5. The van der Waals surface area contributed by atoms with Crippen LogP contribution in [0.3, 0.4) is 0 Å². The van der Waals surface area contributed by atoms with Gasteiger partial charge in [-0.2, -0.15) is 0 Å². The number of esters is 1. The van der Waals surface area contributed by atoms with Crippen LogP contribution in [-0.4, -0.2) is 35.8 Å². The fraction of sp³-hybridized carbons (Fsp3) is 0.571. The highest BCUT2D eigenvalue weighted by Gasteiger charge is 2.36. The molecule has 1 aliphatic heterocycles. The lowest BCUT2D eigenvalue weighted by molar-refractivity contribution is 0.0499. The molecule has 2 amide bonds. The van der Waals surface area contributed by atoms with Crippen molar-refractivity contribution in [3.05, 3.63) is 34.9 Å². The molecule has 0 fully saturated rings. The number of amides is 2. The summed E-state index contributed by atoms with van der Waals surface area (Å²) >= 11 is 0. The smallest absolute Gasteiger partial charge is 0.338 e. The van der Waals surface area contributed by atoms with E-state index in [9.17, 15) is 14.4 Å². The van der Waals surface area contributed by atoms with E-state index in [1.165, 1.54) is 11.0 Å². The van der Waals surface area contributed by atoms with Gasteiger partial charge in [-0.05, 0) is 37.0 Å². The van der Waals surface area contributed by atoms with Gasteiger partial charge in [0.05, 0.1) is 23.3 Å². The highest BCUT2D eigenvalue weighted by atomic mass is 16.5. The Balaban J connectivity index is 2.12. The van der Waals surface area contributed by atoms with Gasteiger partial charge in [0.1, 0.15) is 0 Å². The second-order valence-electron chi connectivity index (χ2n) is 6.89. The minimum Gasteiger partial charge on any atom is -0.462 e. The number of hydrogen-bond acceptors (Lipinski definition) is 4. The molecule has 0 aromatic heterocycles. The number of carbonyl (C=O) groups is 3. The van der Waals surface area contributed by atoms with Crippen LogP contribution in [0.5, 0.6) is 0 Å². The quantitative estimate of drug-likeness (QED) is 0.351. The highest BCUT2D eigenvalue weighted by molar-refractivity contribution is 6.21. The van der Waals surface area contributed by atoms with Crippen molar-refractivity contribution in [1.82, 2.24) is 4.90 Å². The van der Waals surface area contributed by atoms with E-state index in [2.05, 4.69) is 13.8 Å². The van der Waals surface area contributed by atoms with Gasteiger partial charge in [-0.1, -0.05) is 46.5 Å². The topological polar surface area (TPSA) is 63.7 Å². The van der Waals surface area contributed by atoms with Crippen molar-refractivity contribution in [2.24, 2.45) is 5.92 Å². The van der Waals surface area contributed by atoms with Crippen molar-refractivity contribution in [2.75, 3.05) is 13.2 Å². The fourth-order valence-corrected chi connectivity index (χ4v) is 3.15. The number of hydrogen-bond donors (Lipinski definition) is 0. The Hall–Kier alpha value is -2.17. The predicted molar refractivity (Wildman–Crippen MR) is 100 cm³/mol. The summed E-state index contributed by atoms with van der Waals surface area (Å²) in [6.45, 7) is 7.05. The Morgan fingerprint density at radius 2 is 1.73 bits per heavy atom. The molecule has 0 saturated heterocycles. The first-order valence-electron chi connectivity index (χ1n) is 9.70. The maximum absolute atomic E-state index is 12.7. The van der Waals surface area contributed by atoms with Crippen molar-refractivity contribution in [2.45, 2.75) is 59.3 Å². The van der Waals surface area contributed by atoms with Crippen LogP contribution in [0.1, 0.15) is 90.4 Å². The lowest BCUT2D eigenvalue weighted by Gasteiger charge is -2.21. The van der Waals surface area contributed by atoms with Gasteiger partial charge < -0.3 is 4.74 Å². The fourth-order valence-electron chi connectivity index (χ4n) is 3.15. The number of carbonyl (C=O) groups excluding carboxylic acids is 3. The maximum Gasteiger partial charge on any atom is 0.338 e. The van der Waals surface area contributed by atoms with Gasteiger partial charge in [0.25, 0.3) is 11.8 Å². The summed E-state index contributed by atoms with van der Waals surface area (Å²) in [5.41, 5.74) is 1.01. The van der Waals surface area contributed by atoms with E-state index >= 15 is 0 Å². The van der Waals surface area contributed by atoms with Crippen LogP contribution in [-0.2, 0) is 4.74 Å². The summed E-state index contributed by atoms with van der Waals surface area (Å²) in [6.07, 6.45) is 5.88. The summed E-state index contributed by atoms with van der Waals surface area (Å²) < 4.78 is 5.19. The van der Waals surface area contributed by atoms with Crippen LogP contribution < -0.4 is 0 Å². The number of rotatable bonds is 10. The van der Waals surface area contributed by atoms with Crippen LogP contribution in [0.15, 0.2) is 18.2 Å². The van der Waals surface area contributed by atoms with Gasteiger partial charge in [0.2, 0.25) is 0 Å². The Morgan fingerprint density at radius 3 is 2.38 bits per heavy atom. The van der Waals surface area contributed by atoms with E-state index in [0.29, 0.717) is 35.8 Å². The van der Waals surface area contributed by atoms with Gasteiger partial charge in [0.15, 0.2) is 0 Å². The van der Waals surface area contributed by atoms with Gasteiger partial charge in [-0.25, -0.2) is 4.79 Å². The molecule has 1 aromatic rings. The third kappa shape index (κ3) is 4.51. The molecule has 0 spiro atoms. The van der Waals surface area contributed by atoms with Crippen molar-refractivity contribution in [1.29, 1.82) is 0 Å². The van der Waals surface area contributed by atoms with Crippen molar-refractivity contribution < 1.29 is 19.1 Å². The highest BCUT2D eigenvalue weighted by Crippen LogP contribution is 2.27. The average molecular weight is 359 g/mol. The summed E-state index contributed by atoms with van der Waals surface area (Å²) in [7, 11) is 0. The lowest BCUT2D eigenvalue weighted by atomic mass is 9.99. The van der Waals surface area contributed by atoms with Crippen LogP contribution in [0.25, 0.3) is 0 Å². The van der Waals surface area contributed by atoms with Crippen LogP contribution >= 0.6 is 0 Å². The first kappa shape index (κ1) is 20.1. The SMILES string of the molecule is CCCCOC(=O)c1ccc2c(c1)C(=O)N(CC(CC)CCCC)C2=O. The third-order valence-electron chi connectivity index (χ3n) is 4.92. The summed E-state index contributed by atoms with van der Waals surface area (Å²) in [6, 6.07) is 4.63. The maximum atomic E-state index is 12.7. The molecule has 142 valence electrons.